The molecule has 1 unspecified atom stereocenters. The Hall–Kier alpha value is -9.18. The van der Waals surface area contributed by atoms with Crippen molar-refractivity contribution in [3.05, 3.63) is 267 Å². The van der Waals surface area contributed by atoms with Crippen molar-refractivity contribution >= 4 is 59.2 Å². The Morgan fingerprint density at radius 1 is 0.485 bits per heavy atom. The van der Waals surface area contributed by atoms with Crippen LogP contribution in [0.15, 0.2) is 212 Å². The van der Waals surface area contributed by atoms with Crippen molar-refractivity contribution in [2.75, 3.05) is 19.5 Å². The predicted octanol–water partition coefficient (Wildman–Crippen LogP) is 16.1. The molecular formula is C81H86ClN3O11S. The quantitative estimate of drug-likeness (QED) is 0.0296. The predicted molar refractivity (Wildman–Crippen MR) is 380 cm³/mol. The monoisotopic (exact) mass is 1340 g/mol. The zero-order valence-corrected chi connectivity index (χ0v) is 57.7. The number of amides is 3. The average Bonchev–Trinajstić information content (AvgIpc) is 1.27. The highest BCUT2D eigenvalue weighted by Crippen LogP contribution is 2.51. The van der Waals surface area contributed by atoms with Crippen LogP contribution in [0.1, 0.15) is 161 Å². The lowest BCUT2D eigenvalue weighted by Crippen LogP contribution is -2.58. The molecule has 1 fully saturated rings. The minimum absolute atomic E-state index is 0.123. The smallest absolute Gasteiger partial charge is 0.407 e. The second-order valence-corrected chi connectivity index (χ2v) is 28.4. The molecule has 0 heterocycles. The van der Waals surface area contributed by atoms with E-state index < -0.39 is 88.3 Å². The summed E-state index contributed by atoms with van der Waals surface area (Å²) in [5.74, 6) is -4.28. The van der Waals surface area contributed by atoms with Gasteiger partial charge in [0, 0.05) is 33.4 Å². The lowest BCUT2D eigenvalue weighted by molar-refractivity contribution is -0.159. The number of fused-ring (bicyclic) bond motifs is 3. The summed E-state index contributed by atoms with van der Waals surface area (Å²) in [7, 11) is 1.59. The van der Waals surface area contributed by atoms with Gasteiger partial charge in [-0.15, -0.1) is 11.8 Å². The van der Waals surface area contributed by atoms with E-state index in [0.29, 0.717) is 33.4 Å². The van der Waals surface area contributed by atoms with Crippen LogP contribution in [0.5, 0.6) is 5.75 Å². The van der Waals surface area contributed by atoms with E-state index in [2.05, 4.69) is 28.1 Å². The molecule has 2 aliphatic rings. The Balaban J connectivity index is 1.06. The minimum Gasteiger partial charge on any atom is -0.497 e. The number of carbonyl (C=O) groups excluding carboxylic acids is 6. The summed E-state index contributed by atoms with van der Waals surface area (Å²) < 4.78 is 29.2. The van der Waals surface area contributed by atoms with Gasteiger partial charge in [-0.3, -0.25) is 19.2 Å². The number of thioether (sulfide) groups is 1. The Kier molecular flexibility index (Phi) is 23.1. The van der Waals surface area contributed by atoms with Gasteiger partial charge in [0.2, 0.25) is 11.8 Å². The highest BCUT2D eigenvalue weighted by Gasteiger charge is 2.46. The van der Waals surface area contributed by atoms with Gasteiger partial charge < -0.3 is 39.6 Å². The first-order valence-corrected chi connectivity index (χ1v) is 34.7. The molecule has 0 aliphatic heterocycles. The normalized spacial score (nSPS) is 15.1. The number of nitrogens with one attached hydrogen (secondary N) is 3. The molecule has 14 nitrogen and oxygen atoms in total. The van der Waals surface area contributed by atoms with Crippen LogP contribution in [0.3, 0.4) is 0 Å². The van der Waals surface area contributed by atoms with Crippen molar-refractivity contribution in [1.82, 2.24) is 16.0 Å². The van der Waals surface area contributed by atoms with E-state index in [-0.39, 0.29) is 18.3 Å². The first-order valence-electron chi connectivity index (χ1n) is 33.3. The molecule has 0 spiro atoms. The summed E-state index contributed by atoms with van der Waals surface area (Å²) in [5, 5.41) is 8.57. The second-order valence-electron chi connectivity index (χ2n) is 26.8. The highest BCUT2D eigenvalue weighted by molar-refractivity contribution is 8.00. The number of alkyl carbamates (subject to hydrolysis) is 1. The number of ether oxygens (including phenoxy) is 5. The van der Waals surface area contributed by atoms with Crippen LogP contribution in [0.4, 0.5) is 4.79 Å². The standard InChI is InChI=1S/C81H86ClN3O11S/c1-78(2,3)94-72(86)50-69(83-75(89)70(51-73(87)95-79(4,5)6)85-77(91)93-52-66-64-38-24-22-36-62(64)63-37-23-25-39-65(63)66)74(88)84-71(53-97-81(58-32-18-12-19-33-58,59-34-20-13-21-35-59)60-46-48-61(92-7)49-47-60)76(90)96-80(56-30-16-11-17-31-56,67-40-26-27-41-68(67)82)57-44-42-55(43-45-57)54-28-14-9-8-10-15-29-54/h11-13,16-27,30-49,54,66,69-71H,8-10,14-15,28-29,50-53H2,1-7H3,(H,83,89)(H,84,88)(H,85,91)/t69-,70-,71-,80?/m0/s1. The molecule has 0 radical (unpaired) electrons. The van der Waals surface area contributed by atoms with Gasteiger partial charge in [0.05, 0.1) is 24.7 Å². The summed E-state index contributed by atoms with van der Waals surface area (Å²) in [6.07, 6.45) is 5.46. The zero-order valence-electron chi connectivity index (χ0n) is 56.1. The summed E-state index contributed by atoms with van der Waals surface area (Å²) in [4.78, 5) is 89.7. The van der Waals surface area contributed by atoms with Crippen molar-refractivity contribution in [3.8, 4) is 16.9 Å². The van der Waals surface area contributed by atoms with Gasteiger partial charge in [-0.05, 0) is 123 Å². The van der Waals surface area contributed by atoms with Gasteiger partial charge in [-0.2, -0.15) is 0 Å². The van der Waals surface area contributed by atoms with E-state index in [4.69, 9.17) is 35.3 Å². The Morgan fingerprint density at radius 3 is 1.43 bits per heavy atom. The van der Waals surface area contributed by atoms with E-state index >= 15 is 14.4 Å². The topological polar surface area (TPSA) is 185 Å². The fraction of sp³-hybridized carbons (Fsp3) is 0.333. The number of hydrogen-bond acceptors (Lipinski definition) is 12. The number of rotatable bonds is 24. The molecule has 3 N–H and O–H groups in total. The SMILES string of the molecule is COc1ccc(C(SC[C@H](NC(=O)[C@H](CC(=O)OC(C)(C)C)NC(=O)[C@H](CC(=O)OC(C)(C)C)NC(=O)OCC2c3ccccc3-c3ccccc32)C(=O)OC(c2ccccc2)(c2ccc(C3CCCCCCC3)cc2)c2ccccc2Cl)(c2ccccc2)c2ccccc2)cc1. The summed E-state index contributed by atoms with van der Waals surface area (Å²) >= 11 is 8.72. The number of carbonyl (C=O) groups is 6. The molecule has 0 aromatic heterocycles. The van der Waals surface area contributed by atoms with Crippen LogP contribution >= 0.6 is 23.4 Å². The molecule has 1 saturated carbocycles. The molecule has 504 valence electrons. The van der Waals surface area contributed by atoms with Gasteiger partial charge in [0.25, 0.3) is 0 Å². The third-order valence-electron chi connectivity index (χ3n) is 17.7. The number of benzene rings is 8. The summed E-state index contributed by atoms with van der Waals surface area (Å²) in [5.41, 5.74) is 5.34. The molecule has 0 bridgehead atoms. The molecule has 4 atom stereocenters. The number of esters is 3. The fourth-order valence-corrected chi connectivity index (χ4v) is 15.0. The van der Waals surface area contributed by atoms with E-state index in [1.165, 1.54) is 36.6 Å². The Labute approximate surface area is 578 Å². The third-order valence-corrected chi connectivity index (χ3v) is 19.6. The fourth-order valence-electron chi connectivity index (χ4n) is 13.2. The summed E-state index contributed by atoms with van der Waals surface area (Å²) in [6, 6.07) is 62.6. The first kappa shape index (κ1) is 70.6. The summed E-state index contributed by atoms with van der Waals surface area (Å²) in [6.45, 7) is 9.85. The van der Waals surface area contributed by atoms with Gasteiger partial charge >= 0.3 is 24.0 Å². The van der Waals surface area contributed by atoms with E-state index in [1.807, 2.05) is 188 Å². The first-order chi connectivity index (χ1) is 46.6. The number of hydrogen-bond donors (Lipinski definition) is 3. The van der Waals surface area contributed by atoms with Gasteiger partial charge in [-0.1, -0.05) is 238 Å². The van der Waals surface area contributed by atoms with Crippen LogP contribution in [0, 0.1) is 0 Å². The lowest BCUT2D eigenvalue weighted by Gasteiger charge is -2.39. The Bertz CT molecular complexity index is 3920. The largest absolute Gasteiger partial charge is 0.497 e. The van der Waals surface area contributed by atoms with Gasteiger partial charge in [0.15, 0.2) is 5.60 Å². The van der Waals surface area contributed by atoms with Crippen molar-refractivity contribution in [1.29, 1.82) is 0 Å². The zero-order chi connectivity index (χ0) is 68.7. The van der Waals surface area contributed by atoms with E-state index in [9.17, 15) is 14.4 Å². The molecule has 3 amide bonds. The average molecular weight is 1350 g/mol. The molecule has 97 heavy (non-hydrogen) atoms. The van der Waals surface area contributed by atoms with Crippen molar-refractivity contribution in [2.45, 2.75) is 151 Å². The van der Waals surface area contributed by atoms with Gasteiger partial charge in [0.1, 0.15) is 41.7 Å². The number of halogens is 1. The molecule has 0 saturated heterocycles. The van der Waals surface area contributed by atoms with Crippen molar-refractivity contribution < 1.29 is 52.5 Å². The van der Waals surface area contributed by atoms with Crippen LogP contribution in [0.25, 0.3) is 11.1 Å². The maximum absolute atomic E-state index is 16.5. The van der Waals surface area contributed by atoms with Crippen LogP contribution in [-0.2, 0) is 53.3 Å². The molecule has 2 aliphatic carbocycles. The van der Waals surface area contributed by atoms with Crippen LogP contribution in [0.2, 0.25) is 5.02 Å². The molecule has 8 aromatic carbocycles. The maximum atomic E-state index is 16.5. The van der Waals surface area contributed by atoms with Gasteiger partial charge in [-0.25, -0.2) is 9.59 Å². The Morgan fingerprint density at radius 2 is 0.918 bits per heavy atom. The minimum atomic E-state index is -1.81. The third kappa shape index (κ3) is 17.3. The lowest BCUT2D eigenvalue weighted by atomic mass is 9.78. The molecule has 16 heteroatoms. The highest BCUT2D eigenvalue weighted by atomic mass is 35.5. The van der Waals surface area contributed by atoms with E-state index in [1.54, 1.807) is 60.8 Å². The van der Waals surface area contributed by atoms with Crippen molar-refractivity contribution in [3.63, 3.8) is 0 Å². The molecule has 8 aromatic rings. The van der Waals surface area contributed by atoms with Crippen molar-refractivity contribution in [2.24, 2.45) is 0 Å². The second kappa shape index (κ2) is 31.8. The maximum Gasteiger partial charge on any atom is 0.407 e. The number of methoxy groups -OCH3 is 1. The van der Waals surface area contributed by atoms with Crippen LogP contribution < -0.4 is 20.7 Å². The van der Waals surface area contributed by atoms with Crippen LogP contribution in [-0.4, -0.2) is 84.6 Å². The molecular weight excluding hydrogens is 1260 g/mol. The van der Waals surface area contributed by atoms with E-state index in [0.717, 1.165) is 64.6 Å². The molecule has 10 rings (SSSR count).